The average Bonchev–Trinajstić information content (AvgIpc) is 2.65. The maximum Gasteiger partial charge on any atom is -0.00889 e. The third kappa shape index (κ3) is 2.50. The third-order valence-electron chi connectivity index (χ3n) is 3.27. The van der Waals surface area contributed by atoms with Crippen LogP contribution < -0.4 is 0 Å². The van der Waals surface area contributed by atoms with E-state index in [9.17, 15) is 0 Å². The van der Waals surface area contributed by atoms with Crippen molar-refractivity contribution in [1.82, 2.24) is 0 Å². The quantitative estimate of drug-likeness (QED) is 0.566. The van der Waals surface area contributed by atoms with Crippen LogP contribution >= 0.6 is 0 Å². The van der Waals surface area contributed by atoms with Crippen molar-refractivity contribution in [2.75, 3.05) is 0 Å². The lowest BCUT2D eigenvalue weighted by Gasteiger charge is -2.12. The maximum absolute atomic E-state index is 2.46. The summed E-state index contributed by atoms with van der Waals surface area (Å²) in [4.78, 5) is 0. The van der Waals surface area contributed by atoms with E-state index in [4.69, 9.17) is 0 Å². The van der Waals surface area contributed by atoms with Crippen LogP contribution in [0.4, 0.5) is 0 Å². The van der Waals surface area contributed by atoms with Crippen LogP contribution in [0.2, 0.25) is 0 Å². The summed E-state index contributed by atoms with van der Waals surface area (Å²) in [6.07, 6.45) is 19.0. The molecule has 0 atom stereocenters. The fraction of sp³-hybridized carbons (Fsp3) is 0.467. The van der Waals surface area contributed by atoms with E-state index in [1.165, 1.54) is 38.5 Å². The molecule has 0 saturated carbocycles. The average molecular weight is 200 g/mol. The molecule has 0 heterocycles. The summed E-state index contributed by atoms with van der Waals surface area (Å²) < 4.78 is 0. The second kappa shape index (κ2) is 5.16. The molecule has 80 valence electrons. The van der Waals surface area contributed by atoms with Crippen molar-refractivity contribution < 1.29 is 0 Å². The molecule has 0 aliphatic heterocycles. The number of allylic oxidation sites excluding steroid dienone is 8. The molecule has 0 radical (unpaired) electrons. The van der Waals surface area contributed by atoms with Gasteiger partial charge in [0.05, 0.1) is 0 Å². The van der Waals surface area contributed by atoms with E-state index in [1.54, 1.807) is 16.7 Å². The molecule has 0 amide bonds. The van der Waals surface area contributed by atoms with Gasteiger partial charge in [0.2, 0.25) is 0 Å². The van der Waals surface area contributed by atoms with E-state index in [0.717, 1.165) is 0 Å². The van der Waals surface area contributed by atoms with Gasteiger partial charge in [-0.3, -0.25) is 0 Å². The first-order valence-corrected chi connectivity index (χ1v) is 6.14. The monoisotopic (exact) mass is 200 g/mol. The van der Waals surface area contributed by atoms with Crippen LogP contribution in [-0.2, 0) is 0 Å². The molecule has 0 aromatic heterocycles. The molecule has 0 spiro atoms. The van der Waals surface area contributed by atoms with Crippen LogP contribution in [0.15, 0.2) is 47.1 Å². The normalized spacial score (nSPS) is 21.5. The summed E-state index contributed by atoms with van der Waals surface area (Å²) in [5, 5.41) is 0. The molecule has 2 rings (SSSR count). The molecule has 0 unspecified atom stereocenters. The molecule has 0 bridgehead atoms. The molecule has 15 heavy (non-hydrogen) atoms. The van der Waals surface area contributed by atoms with Gasteiger partial charge >= 0.3 is 0 Å². The second-order valence-corrected chi connectivity index (χ2v) is 4.28. The van der Waals surface area contributed by atoms with Crippen molar-refractivity contribution >= 4 is 0 Å². The molecule has 0 heteroatoms. The van der Waals surface area contributed by atoms with Gasteiger partial charge in [-0.1, -0.05) is 37.3 Å². The van der Waals surface area contributed by atoms with Gasteiger partial charge in [-0.2, -0.15) is 0 Å². The highest BCUT2D eigenvalue weighted by Crippen LogP contribution is 2.31. The van der Waals surface area contributed by atoms with E-state index in [2.05, 4.69) is 37.3 Å². The van der Waals surface area contributed by atoms with Gasteiger partial charge in [-0.05, 0) is 55.2 Å². The topological polar surface area (TPSA) is 0 Å². The number of hydrogen-bond donors (Lipinski definition) is 0. The smallest absolute Gasteiger partial charge is 0.00889 e. The predicted octanol–water partition coefficient (Wildman–Crippen LogP) is 4.71. The summed E-state index contributed by atoms with van der Waals surface area (Å²) in [6.45, 7) is 2.26. The number of hydrogen-bond acceptors (Lipinski definition) is 0. The zero-order valence-electron chi connectivity index (χ0n) is 9.63. The Morgan fingerprint density at radius 2 is 1.93 bits per heavy atom. The Bertz CT molecular complexity index is 337. The summed E-state index contributed by atoms with van der Waals surface area (Å²) >= 11 is 0. The molecule has 0 aromatic carbocycles. The largest absolute Gasteiger partial charge is 0.0882 e. The molecule has 0 nitrogen and oxygen atoms in total. The van der Waals surface area contributed by atoms with Gasteiger partial charge < -0.3 is 0 Å². The van der Waals surface area contributed by atoms with Crippen LogP contribution in [0, 0.1) is 0 Å². The molecule has 0 aromatic rings. The van der Waals surface area contributed by atoms with E-state index >= 15 is 0 Å². The predicted molar refractivity (Wildman–Crippen MR) is 66.8 cm³/mol. The van der Waals surface area contributed by atoms with Crippen LogP contribution in [0.1, 0.15) is 45.4 Å². The van der Waals surface area contributed by atoms with Gasteiger partial charge in [-0.15, -0.1) is 0 Å². The molecule has 0 saturated heterocycles. The highest BCUT2D eigenvalue weighted by molar-refractivity contribution is 5.46. The van der Waals surface area contributed by atoms with Crippen LogP contribution in [0.5, 0.6) is 0 Å². The molecule has 2 aliphatic rings. The third-order valence-corrected chi connectivity index (χ3v) is 3.27. The SMILES string of the molecule is CCC1=C(C2=CCCC=CCC2)CC=C1. The standard InChI is InChI=1S/C15H20/c1-2-13-11-8-12-15(13)14-9-6-4-3-5-7-10-14/h3-4,8,10-11H,2,5-7,9,12H2,1H3. The summed E-state index contributed by atoms with van der Waals surface area (Å²) in [5.74, 6) is 0. The summed E-state index contributed by atoms with van der Waals surface area (Å²) in [6, 6.07) is 0. The van der Waals surface area contributed by atoms with Gasteiger partial charge in [0.25, 0.3) is 0 Å². The van der Waals surface area contributed by atoms with Crippen molar-refractivity contribution in [3.05, 3.63) is 47.1 Å². The highest BCUT2D eigenvalue weighted by Gasteiger charge is 2.12. The lowest BCUT2D eigenvalue weighted by molar-refractivity contribution is 0.903. The van der Waals surface area contributed by atoms with E-state index in [1.807, 2.05) is 0 Å². The van der Waals surface area contributed by atoms with Crippen molar-refractivity contribution in [3.8, 4) is 0 Å². The first-order chi connectivity index (χ1) is 7.42. The highest BCUT2D eigenvalue weighted by atomic mass is 14.2. The minimum atomic E-state index is 1.17. The van der Waals surface area contributed by atoms with Gasteiger partial charge in [0, 0.05) is 0 Å². The second-order valence-electron chi connectivity index (χ2n) is 4.28. The van der Waals surface area contributed by atoms with Crippen molar-refractivity contribution in [1.29, 1.82) is 0 Å². The van der Waals surface area contributed by atoms with Crippen molar-refractivity contribution in [2.45, 2.75) is 45.4 Å². The van der Waals surface area contributed by atoms with E-state index < -0.39 is 0 Å². The van der Waals surface area contributed by atoms with Gasteiger partial charge in [0.1, 0.15) is 0 Å². The number of rotatable bonds is 2. The first-order valence-electron chi connectivity index (χ1n) is 6.14. The van der Waals surface area contributed by atoms with Crippen molar-refractivity contribution in [3.63, 3.8) is 0 Å². The fourth-order valence-corrected chi connectivity index (χ4v) is 2.42. The van der Waals surface area contributed by atoms with Gasteiger partial charge in [0.15, 0.2) is 0 Å². The lowest BCUT2D eigenvalue weighted by atomic mass is 9.93. The van der Waals surface area contributed by atoms with Crippen molar-refractivity contribution in [2.24, 2.45) is 0 Å². The summed E-state index contributed by atoms with van der Waals surface area (Å²) in [7, 11) is 0. The molecule has 2 aliphatic carbocycles. The van der Waals surface area contributed by atoms with Gasteiger partial charge in [-0.25, -0.2) is 0 Å². The zero-order chi connectivity index (χ0) is 10.5. The Morgan fingerprint density at radius 1 is 1.07 bits per heavy atom. The molecule has 0 N–H and O–H groups in total. The Labute approximate surface area is 93.1 Å². The van der Waals surface area contributed by atoms with E-state index in [-0.39, 0.29) is 0 Å². The minimum absolute atomic E-state index is 1.17. The zero-order valence-corrected chi connectivity index (χ0v) is 9.63. The Morgan fingerprint density at radius 3 is 2.80 bits per heavy atom. The Hall–Kier alpha value is -1.04. The van der Waals surface area contributed by atoms with E-state index in [0.29, 0.717) is 0 Å². The maximum atomic E-state index is 2.46. The van der Waals surface area contributed by atoms with Crippen LogP contribution in [0.3, 0.4) is 0 Å². The molecule has 0 fully saturated rings. The fourth-order valence-electron chi connectivity index (χ4n) is 2.42. The molecular formula is C15H20. The first kappa shape index (κ1) is 10.5. The minimum Gasteiger partial charge on any atom is -0.0882 e. The summed E-state index contributed by atoms with van der Waals surface area (Å²) in [5.41, 5.74) is 4.79. The van der Waals surface area contributed by atoms with Crippen LogP contribution in [0.25, 0.3) is 0 Å². The lowest BCUT2D eigenvalue weighted by Crippen LogP contribution is -1.93. The Balaban J connectivity index is 2.15. The molecular weight excluding hydrogens is 180 g/mol. The Kier molecular flexibility index (Phi) is 3.60. The van der Waals surface area contributed by atoms with Crippen LogP contribution in [-0.4, -0.2) is 0 Å².